The minimum Gasteiger partial charge on any atom is -0.382 e. The lowest BCUT2D eigenvalue weighted by Gasteiger charge is -2.21. The highest BCUT2D eigenvalue weighted by Crippen LogP contribution is 2.19. The number of hydrogen-bond donors (Lipinski definition) is 1. The van der Waals surface area contributed by atoms with Crippen LogP contribution in [0.2, 0.25) is 5.02 Å². The summed E-state index contributed by atoms with van der Waals surface area (Å²) in [6, 6.07) is 1.57. The summed E-state index contributed by atoms with van der Waals surface area (Å²) in [6.07, 6.45) is 2.61. The van der Waals surface area contributed by atoms with Gasteiger partial charge in [-0.15, -0.1) is 0 Å². The van der Waals surface area contributed by atoms with Crippen molar-refractivity contribution in [3.8, 4) is 0 Å². The van der Waals surface area contributed by atoms with Crippen molar-refractivity contribution >= 4 is 23.3 Å². The van der Waals surface area contributed by atoms with Gasteiger partial charge < -0.3 is 15.5 Å². The fourth-order valence-corrected chi connectivity index (χ4v) is 2.60. The van der Waals surface area contributed by atoms with Gasteiger partial charge >= 0.3 is 0 Å². The maximum atomic E-state index is 12.3. The van der Waals surface area contributed by atoms with E-state index >= 15 is 0 Å². The first-order valence-electron chi connectivity index (χ1n) is 6.32. The number of likely N-dealkylation sites (tertiary alicyclic amines) is 1. The quantitative estimate of drug-likeness (QED) is 0.909. The van der Waals surface area contributed by atoms with Gasteiger partial charge in [-0.2, -0.15) is 0 Å². The Bertz CT molecular complexity index is 480. The van der Waals surface area contributed by atoms with E-state index in [1.807, 2.05) is 7.05 Å². The molecule has 0 saturated carbocycles. The molecule has 6 heteroatoms. The first-order chi connectivity index (χ1) is 8.97. The Labute approximate surface area is 118 Å². The van der Waals surface area contributed by atoms with Crippen LogP contribution in [0.3, 0.4) is 0 Å². The lowest BCUT2D eigenvalue weighted by atomic mass is 10.1. The number of anilines is 1. The Balaban J connectivity index is 2.00. The number of nitrogens with zero attached hydrogens (tertiary/aromatic N) is 3. The lowest BCUT2D eigenvalue weighted by molar-refractivity contribution is 0.0773. The van der Waals surface area contributed by atoms with Gasteiger partial charge in [0, 0.05) is 26.3 Å². The minimum atomic E-state index is -0.0658. The molecule has 1 atom stereocenters. The van der Waals surface area contributed by atoms with Gasteiger partial charge in [0.1, 0.15) is 5.82 Å². The number of nitrogens with two attached hydrogens (primary N) is 1. The van der Waals surface area contributed by atoms with Crippen LogP contribution in [0, 0.1) is 5.92 Å². The number of aromatic nitrogens is 1. The van der Waals surface area contributed by atoms with Crippen molar-refractivity contribution in [1.29, 1.82) is 0 Å². The van der Waals surface area contributed by atoms with Crippen molar-refractivity contribution in [3.63, 3.8) is 0 Å². The van der Waals surface area contributed by atoms with E-state index < -0.39 is 0 Å². The van der Waals surface area contributed by atoms with Crippen molar-refractivity contribution in [2.24, 2.45) is 5.92 Å². The summed E-state index contributed by atoms with van der Waals surface area (Å²) in [5, 5.41) is 0.319. The number of halogens is 1. The van der Waals surface area contributed by atoms with Gasteiger partial charge in [-0.1, -0.05) is 11.6 Å². The second-order valence-corrected chi connectivity index (χ2v) is 5.60. The molecule has 1 saturated heterocycles. The van der Waals surface area contributed by atoms with E-state index in [9.17, 15) is 4.79 Å². The lowest BCUT2D eigenvalue weighted by Crippen LogP contribution is -2.32. The molecule has 1 aliphatic heterocycles. The third-order valence-corrected chi connectivity index (χ3v) is 3.79. The summed E-state index contributed by atoms with van der Waals surface area (Å²) in [5.74, 6) is 0.721. The van der Waals surface area contributed by atoms with Crippen LogP contribution >= 0.6 is 11.6 Å². The van der Waals surface area contributed by atoms with Crippen LogP contribution < -0.4 is 5.73 Å². The number of pyridine rings is 1. The monoisotopic (exact) mass is 282 g/mol. The maximum Gasteiger partial charge on any atom is 0.255 e. The topological polar surface area (TPSA) is 62.5 Å². The molecule has 0 radical (unpaired) electrons. The smallest absolute Gasteiger partial charge is 0.255 e. The van der Waals surface area contributed by atoms with Gasteiger partial charge in [0.05, 0.1) is 10.6 Å². The molecule has 5 nitrogen and oxygen atoms in total. The molecule has 1 aromatic rings. The van der Waals surface area contributed by atoms with E-state index in [0.29, 0.717) is 16.5 Å². The van der Waals surface area contributed by atoms with Gasteiger partial charge in [0.25, 0.3) is 5.91 Å². The van der Waals surface area contributed by atoms with Gasteiger partial charge in [-0.05, 0) is 32.0 Å². The Hall–Kier alpha value is -1.33. The predicted molar refractivity (Wildman–Crippen MR) is 76.2 cm³/mol. The molecular weight excluding hydrogens is 264 g/mol. The molecule has 104 valence electrons. The second kappa shape index (κ2) is 5.75. The third kappa shape index (κ3) is 3.36. The summed E-state index contributed by atoms with van der Waals surface area (Å²) in [6.45, 7) is 2.89. The van der Waals surface area contributed by atoms with Crippen molar-refractivity contribution in [2.75, 3.05) is 39.5 Å². The predicted octanol–water partition coefficient (Wildman–Crippen LogP) is 1.34. The van der Waals surface area contributed by atoms with E-state index in [0.717, 1.165) is 26.1 Å². The van der Waals surface area contributed by atoms with Crippen molar-refractivity contribution < 1.29 is 4.79 Å². The molecule has 0 bridgehead atoms. The molecule has 2 N–H and O–H groups in total. The molecular formula is C13H19ClN4O. The van der Waals surface area contributed by atoms with Gasteiger partial charge in [0.2, 0.25) is 0 Å². The molecule has 2 rings (SSSR count). The van der Waals surface area contributed by atoms with E-state index in [1.54, 1.807) is 11.0 Å². The highest BCUT2D eigenvalue weighted by atomic mass is 35.5. The van der Waals surface area contributed by atoms with E-state index in [1.165, 1.54) is 6.20 Å². The van der Waals surface area contributed by atoms with E-state index in [-0.39, 0.29) is 11.7 Å². The molecule has 1 aliphatic rings. The minimum absolute atomic E-state index is 0.0658. The third-order valence-electron chi connectivity index (χ3n) is 3.48. The van der Waals surface area contributed by atoms with Crippen molar-refractivity contribution in [3.05, 3.63) is 22.8 Å². The van der Waals surface area contributed by atoms with Crippen LogP contribution in [0.4, 0.5) is 5.82 Å². The molecule has 1 aromatic heterocycles. The first-order valence-corrected chi connectivity index (χ1v) is 6.70. The summed E-state index contributed by atoms with van der Waals surface area (Å²) < 4.78 is 0. The highest BCUT2D eigenvalue weighted by Gasteiger charge is 2.23. The standard InChI is InChI=1S/C13H19ClN4O/c1-17-4-3-9(7-17)8-18(2)13(19)10-5-11(14)12(15)16-6-10/h5-6,9H,3-4,7-8H2,1-2H3,(H2,15,16). The molecule has 1 fully saturated rings. The van der Waals surface area contributed by atoms with Crippen LogP contribution in [-0.2, 0) is 0 Å². The maximum absolute atomic E-state index is 12.3. The Morgan fingerprint density at radius 3 is 3.00 bits per heavy atom. The summed E-state index contributed by atoms with van der Waals surface area (Å²) in [4.78, 5) is 20.2. The highest BCUT2D eigenvalue weighted by molar-refractivity contribution is 6.33. The van der Waals surface area contributed by atoms with Gasteiger partial charge in [-0.3, -0.25) is 4.79 Å². The fourth-order valence-electron chi connectivity index (χ4n) is 2.43. The Kier molecular flexibility index (Phi) is 4.27. The van der Waals surface area contributed by atoms with Crippen LogP contribution in [0.5, 0.6) is 0 Å². The van der Waals surface area contributed by atoms with E-state index in [4.69, 9.17) is 17.3 Å². The molecule has 19 heavy (non-hydrogen) atoms. The van der Waals surface area contributed by atoms with Gasteiger partial charge in [0.15, 0.2) is 0 Å². The average molecular weight is 283 g/mol. The number of hydrogen-bond acceptors (Lipinski definition) is 4. The fraction of sp³-hybridized carbons (Fsp3) is 0.538. The van der Waals surface area contributed by atoms with Crippen LogP contribution in [0.15, 0.2) is 12.3 Å². The number of nitrogen functional groups attached to an aromatic ring is 1. The number of carbonyl (C=O) groups is 1. The molecule has 0 aromatic carbocycles. The van der Waals surface area contributed by atoms with Gasteiger partial charge in [-0.25, -0.2) is 4.98 Å². The van der Waals surface area contributed by atoms with E-state index in [2.05, 4.69) is 16.9 Å². The Morgan fingerprint density at radius 2 is 2.42 bits per heavy atom. The molecule has 0 spiro atoms. The molecule has 2 heterocycles. The first kappa shape index (κ1) is 14.1. The summed E-state index contributed by atoms with van der Waals surface area (Å²) in [5.41, 5.74) is 6.02. The summed E-state index contributed by atoms with van der Waals surface area (Å²) in [7, 11) is 3.91. The van der Waals surface area contributed by atoms with Crippen LogP contribution in [0.1, 0.15) is 16.8 Å². The number of carbonyl (C=O) groups excluding carboxylic acids is 1. The Morgan fingerprint density at radius 1 is 1.68 bits per heavy atom. The number of amides is 1. The largest absolute Gasteiger partial charge is 0.382 e. The summed E-state index contributed by atoms with van der Waals surface area (Å²) >= 11 is 5.89. The zero-order valence-corrected chi connectivity index (χ0v) is 12.0. The molecule has 0 aliphatic carbocycles. The second-order valence-electron chi connectivity index (χ2n) is 5.19. The normalized spacial score (nSPS) is 19.6. The molecule has 1 unspecified atom stereocenters. The SMILES string of the molecule is CN1CCC(CN(C)C(=O)c2cnc(N)c(Cl)c2)C1. The van der Waals surface area contributed by atoms with Crippen LogP contribution in [-0.4, -0.2) is 54.4 Å². The molecule has 1 amide bonds. The zero-order chi connectivity index (χ0) is 14.0. The average Bonchev–Trinajstić information content (AvgIpc) is 2.77. The zero-order valence-electron chi connectivity index (χ0n) is 11.3. The van der Waals surface area contributed by atoms with Crippen molar-refractivity contribution in [2.45, 2.75) is 6.42 Å². The van der Waals surface area contributed by atoms with Crippen molar-refractivity contribution in [1.82, 2.24) is 14.8 Å². The van der Waals surface area contributed by atoms with Crippen LogP contribution in [0.25, 0.3) is 0 Å². The number of rotatable bonds is 3.